The fourth-order valence-electron chi connectivity index (χ4n) is 3.68. The van der Waals surface area contributed by atoms with Gasteiger partial charge >= 0.3 is 0 Å². The highest BCUT2D eigenvalue weighted by Crippen LogP contribution is 2.35. The molecule has 2 heterocycles. The van der Waals surface area contributed by atoms with E-state index in [1.54, 1.807) is 18.4 Å². The molecule has 0 radical (unpaired) electrons. The van der Waals surface area contributed by atoms with Crippen molar-refractivity contribution in [3.63, 3.8) is 0 Å². The van der Waals surface area contributed by atoms with Crippen LogP contribution in [-0.2, 0) is 4.79 Å². The molecule has 31 heavy (non-hydrogen) atoms. The average Bonchev–Trinajstić information content (AvgIpc) is 3.28. The number of thiocarbonyl (C=S) groups is 1. The van der Waals surface area contributed by atoms with E-state index < -0.39 is 0 Å². The lowest BCUT2D eigenvalue weighted by molar-refractivity contribution is -0.113. The quantitative estimate of drug-likeness (QED) is 0.510. The number of hydrogen-bond donors (Lipinski definition) is 2. The summed E-state index contributed by atoms with van der Waals surface area (Å²) in [5, 5.41) is 11.0. The second-order valence-corrected chi connectivity index (χ2v) is 8.46. The molecular formula is C24H23N3O2S2. The van der Waals surface area contributed by atoms with Gasteiger partial charge in [0.2, 0.25) is 0 Å². The van der Waals surface area contributed by atoms with Crippen molar-refractivity contribution in [3.05, 3.63) is 87.8 Å². The molecule has 5 nitrogen and oxygen atoms in total. The van der Waals surface area contributed by atoms with Gasteiger partial charge in [-0.25, -0.2) is 0 Å². The van der Waals surface area contributed by atoms with E-state index in [0.717, 1.165) is 28.3 Å². The number of carbonyl (C=O) groups is 1. The van der Waals surface area contributed by atoms with E-state index in [4.69, 9.17) is 17.0 Å². The average molecular weight is 450 g/mol. The smallest absolute Gasteiger partial charge is 0.255 e. The minimum atomic E-state index is -0.321. The van der Waals surface area contributed by atoms with E-state index in [1.165, 1.54) is 0 Å². The van der Waals surface area contributed by atoms with Gasteiger partial charge in [0.1, 0.15) is 5.75 Å². The predicted molar refractivity (Wildman–Crippen MR) is 131 cm³/mol. The number of amides is 1. The fraction of sp³-hybridized carbons (Fsp3) is 0.167. The number of nitrogens with one attached hydrogen (secondary N) is 2. The third kappa shape index (κ3) is 4.33. The van der Waals surface area contributed by atoms with Gasteiger partial charge < -0.3 is 15.4 Å². The third-order valence-corrected chi connectivity index (χ3v) is 6.22. The highest BCUT2D eigenvalue weighted by molar-refractivity contribution is 7.80. The van der Waals surface area contributed by atoms with Crippen LogP contribution in [-0.4, -0.2) is 18.1 Å². The molecule has 2 N–H and O–H groups in total. The first-order chi connectivity index (χ1) is 15.0. The second kappa shape index (κ2) is 8.91. The topological polar surface area (TPSA) is 53.6 Å². The lowest BCUT2D eigenvalue weighted by atomic mass is 9.95. The van der Waals surface area contributed by atoms with Crippen molar-refractivity contribution < 1.29 is 9.53 Å². The van der Waals surface area contributed by atoms with Crippen molar-refractivity contribution in [2.24, 2.45) is 0 Å². The van der Waals surface area contributed by atoms with E-state index >= 15 is 0 Å². The first-order valence-corrected chi connectivity index (χ1v) is 11.2. The van der Waals surface area contributed by atoms with E-state index in [1.807, 2.05) is 78.0 Å². The highest BCUT2D eigenvalue weighted by Gasteiger charge is 2.34. The van der Waals surface area contributed by atoms with Crippen LogP contribution in [0.3, 0.4) is 0 Å². The summed E-state index contributed by atoms with van der Waals surface area (Å²) >= 11 is 7.31. The number of ether oxygens (including phenoxy) is 1. The van der Waals surface area contributed by atoms with Crippen LogP contribution >= 0.6 is 23.6 Å². The van der Waals surface area contributed by atoms with Gasteiger partial charge in [0.25, 0.3) is 5.91 Å². The van der Waals surface area contributed by atoms with E-state index in [-0.39, 0.29) is 11.9 Å². The van der Waals surface area contributed by atoms with Crippen molar-refractivity contribution in [3.8, 4) is 5.75 Å². The predicted octanol–water partition coefficient (Wildman–Crippen LogP) is 5.41. The SMILES string of the molecule is COc1ccc(NC(=O)C2=C(C)N(c3cccc(C)c3)C(=S)NC2c2ccsc2)cc1. The molecule has 0 saturated carbocycles. The molecule has 0 aliphatic carbocycles. The molecule has 158 valence electrons. The van der Waals surface area contributed by atoms with Crippen molar-refractivity contribution in [2.75, 3.05) is 17.3 Å². The molecular weight excluding hydrogens is 426 g/mol. The van der Waals surface area contributed by atoms with Crippen LogP contribution in [0.2, 0.25) is 0 Å². The Hall–Kier alpha value is -3.16. The van der Waals surface area contributed by atoms with Gasteiger partial charge in [-0.15, -0.1) is 0 Å². The zero-order chi connectivity index (χ0) is 22.0. The van der Waals surface area contributed by atoms with Crippen molar-refractivity contribution in [1.82, 2.24) is 5.32 Å². The zero-order valence-electron chi connectivity index (χ0n) is 17.5. The molecule has 4 rings (SSSR count). The number of allylic oxidation sites excluding steroid dienone is 1. The van der Waals surface area contributed by atoms with Gasteiger partial charge in [0.15, 0.2) is 5.11 Å². The van der Waals surface area contributed by atoms with Gasteiger partial charge in [0, 0.05) is 17.1 Å². The Morgan fingerprint density at radius 1 is 1.16 bits per heavy atom. The zero-order valence-corrected chi connectivity index (χ0v) is 19.1. The maximum absolute atomic E-state index is 13.5. The summed E-state index contributed by atoms with van der Waals surface area (Å²) in [7, 11) is 1.61. The fourth-order valence-corrected chi connectivity index (χ4v) is 4.72. The van der Waals surface area contributed by atoms with E-state index in [9.17, 15) is 4.79 Å². The molecule has 0 fully saturated rings. The van der Waals surface area contributed by atoms with Gasteiger partial charge in [-0.1, -0.05) is 12.1 Å². The Bertz CT molecular complexity index is 1140. The lowest BCUT2D eigenvalue weighted by Crippen LogP contribution is -2.48. The number of methoxy groups -OCH3 is 1. The summed E-state index contributed by atoms with van der Waals surface area (Å²) in [6.07, 6.45) is 0. The van der Waals surface area contributed by atoms with Gasteiger partial charge in [0.05, 0.1) is 18.7 Å². The number of nitrogens with zero attached hydrogens (tertiary/aromatic N) is 1. The number of aryl methyl sites for hydroxylation is 1. The van der Waals surface area contributed by atoms with Crippen LogP contribution < -0.4 is 20.3 Å². The van der Waals surface area contributed by atoms with Crippen LogP contribution in [0.5, 0.6) is 5.75 Å². The Morgan fingerprint density at radius 3 is 2.58 bits per heavy atom. The monoisotopic (exact) mass is 449 g/mol. The second-order valence-electron chi connectivity index (χ2n) is 7.30. The molecule has 3 aromatic rings. The molecule has 7 heteroatoms. The summed E-state index contributed by atoms with van der Waals surface area (Å²) in [6.45, 7) is 3.98. The van der Waals surface area contributed by atoms with E-state index in [2.05, 4.69) is 16.7 Å². The number of thiophene rings is 1. The number of hydrogen-bond acceptors (Lipinski definition) is 4. The molecule has 0 saturated heterocycles. The normalized spacial score (nSPS) is 16.2. The number of anilines is 2. The summed E-state index contributed by atoms with van der Waals surface area (Å²) in [4.78, 5) is 15.4. The van der Waals surface area contributed by atoms with Crippen LogP contribution in [0.4, 0.5) is 11.4 Å². The van der Waals surface area contributed by atoms with Crippen molar-refractivity contribution in [2.45, 2.75) is 19.9 Å². The molecule has 0 spiro atoms. The molecule has 1 atom stereocenters. The van der Waals surface area contributed by atoms with Crippen LogP contribution in [0.1, 0.15) is 24.1 Å². The minimum absolute atomic E-state index is 0.175. The summed E-state index contributed by atoms with van der Waals surface area (Å²) in [6, 6.07) is 17.1. The Balaban J connectivity index is 1.75. The molecule has 1 aliphatic rings. The summed E-state index contributed by atoms with van der Waals surface area (Å²) < 4.78 is 5.21. The molecule has 1 aliphatic heterocycles. The maximum Gasteiger partial charge on any atom is 0.255 e. The molecule has 1 aromatic heterocycles. The van der Waals surface area contributed by atoms with Crippen LogP contribution in [0.25, 0.3) is 0 Å². The number of carbonyl (C=O) groups excluding carboxylic acids is 1. The van der Waals surface area contributed by atoms with Crippen molar-refractivity contribution >= 4 is 45.9 Å². The van der Waals surface area contributed by atoms with Gasteiger partial charge in [-0.2, -0.15) is 11.3 Å². The van der Waals surface area contributed by atoms with Crippen LogP contribution in [0, 0.1) is 6.92 Å². The highest BCUT2D eigenvalue weighted by atomic mass is 32.1. The third-order valence-electron chi connectivity index (χ3n) is 5.21. The molecule has 2 aromatic carbocycles. The molecule has 1 amide bonds. The summed E-state index contributed by atoms with van der Waals surface area (Å²) in [5.74, 6) is 0.561. The standard InChI is InChI=1S/C24H23N3O2S2/c1-15-5-4-6-19(13-15)27-16(2)21(22(26-24(27)30)17-11-12-31-14-17)23(28)25-18-7-9-20(29-3)10-8-18/h4-14,22H,1-3H3,(H,25,28)(H,26,30). The Kier molecular flexibility index (Phi) is 6.06. The first-order valence-electron chi connectivity index (χ1n) is 9.83. The first kappa shape index (κ1) is 21.1. The number of rotatable bonds is 5. The Labute approximate surface area is 191 Å². The number of benzene rings is 2. The summed E-state index contributed by atoms with van der Waals surface area (Å²) in [5.41, 5.74) is 5.19. The van der Waals surface area contributed by atoms with Gasteiger partial charge in [-0.3, -0.25) is 9.69 Å². The largest absolute Gasteiger partial charge is 0.497 e. The molecule has 0 bridgehead atoms. The van der Waals surface area contributed by atoms with Crippen LogP contribution in [0.15, 0.2) is 76.6 Å². The van der Waals surface area contributed by atoms with E-state index in [0.29, 0.717) is 16.4 Å². The maximum atomic E-state index is 13.5. The van der Waals surface area contributed by atoms with Gasteiger partial charge in [-0.05, 0) is 90.4 Å². The Morgan fingerprint density at radius 2 is 1.94 bits per heavy atom. The van der Waals surface area contributed by atoms with Crippen molar-refractivity contribution in [1.29, 1.82) is 0 Å². The lowest BCUT2D eigenvalue weighted by Gasteiger charge is -2.37. The molecule has 1 unspecified atom stereocenters. The minimum Gasteiger partial charge on any atom is -0.497 e.